The third kappa shape index (κ3) is 5.03. The molecular formula is C19H19N3O2S3. The zero-order chi connectivity index (χ0) is 19.2. The molecule has 0 saturated heterocycles. The average Bonchev–Trinajstić information content (AvgIpc) is 3.15. The van der Waals surface area contributed by atoms with Crippen LogP contribution in [-0.2, 0) is 4.79 Å². The molecule has 1 aromatic heterocycles. The molecule has 1 heterocycles. The maximum atomic E-state index is 13.1. The van der Waals surface area contributed by atoms with E-state index in [1.165, 1.54) is 23.1 Å². The van der Waals surface area contributed by atoms with Crippen molar-refractivity contribution in [1.82, 2.24) is 10.2 Å². The molecule has 0 saturated carbocycles. The molecule has 5 nitrogen and oxygen atoms in total. The number of ether oxygens (including phenoxy) is 1. The number of rotatable bonds is 7. The molecule has 140 valence electrons. The van der Waals surface area contributed by atoms with Crippen molar-refractivity contribution in [3.63, 3.8) is 0 Å². The van der Waals surface area contributed by atoms with Crippen molar-refractivity contribution in [2.75, 3.05) is 18.7 Å². The number of carbonyl (C=O) groups excluding carboxylic acids is 1. The van der Waals surface area contributed by atoms with Gasteiger partial charge in [-0.15, -0.1) is 10.2 Å². The predicted molar refractivity (Wildman–Crippen MR) is 113 cm³/mol. The Hall–Kier alpha value is -2.03. The molecule has 0 fully saturated rings. The summed E-state index contributed by atoms with van der Waals surface area (Å²) in [5, 5.41) is 10.9. The first-order valence-electron chi connectivity index (χ1n) is 8.15. The summed E-state index contributed by atoms with van der Waals surface area (Å²) >= 11 is 4.44. The van der Waals surface area contributed by atoms with E-state index in [4.69, 9.17) is 4.74 Å². The van der Waals surface area contributed by atoms with Crippen molar-refractivity contribution in [2.24, 2.45) is 0 Å². The second-order valence-corrected chi connectivity index (χ2v) is 9.02. The predicted octanol–water partition coefficient (Wildman–Crippen LogP) is 5.05. The van der Waals surface area contributed by atoms with Crippen LogP contribution >= 0.6 is 34.9 Å². The number of carbonyl (C=O) groups is 1. The van der Waals surface area contributed by atoms with Gasteiger partial charge < -0.3 is 10.1 Å². The smallest absolute Gasteiger partial charge is 0.242 e. The third-order valence-corrected chi connectivity index (χ3v) is 6.97. The number of amides is 1. The van der Waals surface area contributed by atoms with Crippen molar-refractivity contribution in [1.29, 1.82) is 0 Å². The quantitative estimate of drug-likeness (QED) is 0.543. The van der Waals surface area contributed by atoms with Crippen molar-refractivity contribution >= 4 is 46.5 Å². The van der Waals surface area contributed by atoms with Crippen molar-refractivity contribution in [2.45, 2.75) is 20.9 Å². The van der Waals surface area contributed by atoms with Crippen LogP contribution in [0.5, 0.6) is 5.75 Å². The number of nitrogens with one attached hydrogen (secondary N) is 1. The number of thioether (sulfide) groups is 2. The molecule has 0 spiro atoms. The Balaban J connectivity index is 1.88. The highest BCUT2D eigenvalue weighted by Gasteiger charge is 2.25. The minimum atomic E-state index is -0.445. The summed E-state index contributed by atoms with van der Waals surface area (Å²) in [4.78, 5) is 13.1. The van der Waals surface area contributed by atoms with E-state index >= 15 is 0 Å². The lowest BCUT2D eigenvalue weighted by molar-refractivity contribution is -0.115. The van der Waals surface area contributed by atoms with E-state index in [-0.39, 0.29) is 5.91 Å². The number of aryl methyl sites for hydroxylation is 1. The second kappa shape index (κ2) is 9.25. The Labute approximate surface area is 170 Å². The van der Waals surface area contributed by atoms with Gasteiger partial charge in [-0.1, -0.05) is 71.3 Å². The number of benzene rings is 2. The summed E-state index contributed by atoms with van der Waals surface area (Å²) in [6.45, 7) is 1.98. The van der Waals surface area contributed by atoms with E-state index < -0.39 is 5.25 Å². The molecule has 1 N–H and O–H groups in total. The first-order chi connectivity index (χ1) is 13.1. The Morgan fingerprint density at radius 2 is 1.89 bits per heavy atom. The van der Waals surface area contributed by atoms with Gasteiger partial charge in [-0.3, -0.25) is 4.79 Å². The Morgan fingerprint density at radius 3 is 2.56 bits per heavy atom. The summed E-state index contributed by atoms with van der Waals surface area (Å²) in [5.41, 5.74) is 2.61. The molecule has 0 aliphatic rings. The van der Waals surface area contributed by atoms with Gasteiger partial charge in [0.25, 0.3) is 0 Å². The van der Waals surface area contributed by atoms with Gasteiger partial charge in [0, 0.05) is 0 Å². The van der Waals surface area contributed by atoms with E-state index in [9.17, 15) is 4.79 Å². The van der Waals surface area contributed by atoms with Crippen LogP contribution in [0.1, 0.15) is 16.4 Å². The lowest BCUT2D eigenvalue weighted by atomic mass is 10.1. The van der Waals surface area contributed by atoms with E-state index in [0.29, 0.717) is 11.4 Å². The Morgan fingerprint density at radius 1 is 1.15 bits per heavy atom. The molecule has 2 aromatic carbocycles. The zero-order valence-corrected chi connectivity index (χ0v) is 17.6. The van der Waals surface area contributed by atoms with Gasteiger partial charge in [0.05, 0.1) is 12.8 Å². The minimum absolute atomic E-state index is 0.129. The van der Waals surface area contributed by atoms with Gasteiger partial charge >= 0.3 is 0 Å². The topological polar surface area (TPSA) is 64.1 Å². The maximum absolute atomic E-state index is 13.1. The molecule has 1 atom stereocenters. The van der Waals surface area contributed by atoms with Gasteiger partial charge in [0.2, 0.25) is 5.91 Å². The maximum Gasteiger partial charge on any atom is 0.242 e. The van der Waals surface area contributed by atoms with Crippen LogP contribution in [0.15, 0.2) is 57.2 Å². The number of anilines is 1. The highest BCUT2D eigenvalue weighted by Crippen LogP contribution is 2.39. The number of methoxy groups -OCH3 is 1. The molecule has 3 rings (SSSR count). The molecule has 3 aromatic rings. The van der Waals surface area contributed by atoms with Gasteiger partial charge in [-0.25, -0.2) is 0 Å². The van der Waals surface area contributed by atoms with Crippen molar-refractivity contribution in [3.05, 3.63) is 59.7 Å². The standard InChI is InChI=1S/C19H19N3O2S3/c1-12-9-10-15(24-2)14(11-12)20-17(23)16(13-7-5-4-6-8-13)26-19-22-21-18(25-3)27-19/h4-11,16H,1-3H3,(H,20,23)/t16-/m0/s1. The molecule has 1 amide bonds. The fourth-order valence-corrected chi connectivity index (χ4v) is 5.08. The molecular weight excluding hydrogens is 398 g/mol. The second-order valence-electron chi connectivity index (χ2n) is 5.64. The molecule has 27 heavy (non-hydrogen) atoms. The first kappa shape index (κ1) is 19.7. The van der Waals surface area contributed by atoms with Gasteiger partial charge in [0.1, 0.15) is 11.0 Å². The molecule has 0 bridgehead atoms. The van der Waals surface area contributed by atoms with Crippen LogP contribution in [0, 0.1) is 6.92 Å². The van der Waals surface area contributed by atoms with Gasteiger partial charge in [-0.2, -0.15) is 0 Å². The number of nitrogens with zero attached hydrogens (tertiary/aromatic N) is 2. The van der Waals surface area contributed by atoms with Crippen LogP contribution in [0.2, 0.25) is 0 Å². The number of hydrogen-bond donors (Lipinski definition) is 1. The summed E-state index contributed by atoms with van der Waals surface area (Å²) in [5.74, 6) is 0.502. The van der Waals surface area contributed by atoms with E-state index in [2.05, 4.69) is 15.5 Å². The van der Waals surface area contributed by atoms with Gasteiger partial charge in [0.15, 0.2) is 8.68 Å². The lowest BCUT2D eigenvalue weighted by Gasteiger charge is -2.17. The normalized spacial score (nSPS) is 11.8. The third-order valence-electron chi connectivity index (χ3n) is 3.73. The highest BCUT2D eigenvalue weighted by molar-refractivity contribution is 8.03. The zero-order valence-electron chi connectivity index (χ0n) is 15.1. The molecule has 0 aliphatic carbocycles. The Kier molecular flexibility index (Phi) is 6.76. The molecule has 0 unspecified atom stereocenters. The SMILES string of the molecule is COc1ccc(C)cc1NC(=O)[C@@H](Sc1nnc(SC)s1)c1ccccc1. The number of aromatic nitrogens is 2. The fourth-order valence-electron chi connectivity index (χ4n) is 2.45. The summed E-state index contributed by atoms with van der Waals surface area (Å²) in [6, 6.07) is 15.4. The van der Waals surface area contributed by atoms with Gasteiger partial charge in [-0.05, 0) is 36.4 Å². The molecule has 0 aliphatic heterocycles. The van der Waals surface area contributed by atoms with Crippen LogP contribution in [0.3, 0.4) is 0 Å². The Bertz CT molecular complexity index is 916. The number of hydrogen-bond acceptors (Lipinski definition) is 7. The minimum Gasteiger partial charge on any atom is -0.495 e. The van der Waals surface area contributed by atoms with Crippen LogP contribution < -0.4 is 10.1 Å². The highest BCUT2D eigenvalue weighted by atomic mass is 32.2. The summed E-state index contributed by atoms with van der Waals surface area (Å²) in [6.07, 6.45) is 1.96. The van der Waals surface area contributed by atoms with E-state index in [1.54, 1.807) is 18.9 Å². The average molecular weight is 418 g/mol. The van der Waals surface area contributed by atoms with Crippen LogP contribution in [-0.4, -0.2) is 29.5 Å². The summed E-state index contributed by atoms with van der Waals surface area (Å²) < 4.78 is 7.02. The van der Waals surface area contributed by atoms with Crippen molar-refractivity contribution in [3.8, 4) is 5.75 Å². The first-order valence-corrected chi connectivity index (χ1v) is 11.1. The largest absolute Gasteiger partial charge is 0.495 e. The van der Waals surface area contributed by atoms with Crippen LogP contribution in [0.25, 0.3) is 0 Å². The fraction of sp³-hybridized carbons (Fsp3) is 0.211. The van der Waals surface area contributed by atoms with Crippen LogP contribution in [0.4, 0.5) is 5.69 Å². The summed E-state index contributed by atoms with van der Waals surface area (Å²) in [7, 11) is 1.59. The molecule has 8 heteroatoms. The van der Waals surface area contributed by atoms with Crippen molar-refractivity contribution < 1.29 is 9.53 Å². The monoisotopic (exact) mass is 417 g/mol. The molecule has 0 radical (unpaired) electrons. The van der Waals surface area contributed by atoms with E-state index in [1.807, 2.05) is 61.7 Å². The van der Waals surface area contributed by atoms with E-state index in [0.717, 1.165) is 19.8 Å². The lowest BCUT2D eigenvalue weighted by Crippen LogP contribution is -2.19.